The second-order valence-electron chi connectivity index (χ2n) is 4.96. The van der Waals surface area contributed by atoms with E-state index in [1.165, 1.54) is 12.3 Å². The highest BCUT2D eigenvalue weighted by atomic mass is 19.4. The minimum absolute atomic E-state index is 0.451. The molecule has 0 aliphatic heterocycles. The molecule has 120 valence electrons. The molecule has 23 heavy (non-hydrogen) atoms. The summed E-state index contributed by atoms with van der Waals surface area (Å²) in [7, 11) is 1.77. The second kappa shape index (κ2) is 5.53. The second-order valence-corrected chi connectivity index (χ2v) is 4.96. The van der Waals surface area contributed by atoms with Crippen molar-refractivity contribution in [3.8, 4) is 16.9 Å². The molecule has 0 saturated carbocycles. The molecule has 4 nitrogen and oxygen atoms in total. The van der Waals surface area contributed by atoms with Crippen molar-refractivity contribution in [1.82, 2.24) is 14.8 Å². The third-order valence-electron chi connectivity index (χ3n) is 3.28. The Morgan fingerprint density at radius 3 is 2.65 bits per heavy atom. The number of ether oxygens (including phenoxy) is 1. The number of nitrogens with zero attached hydrogens (tertiary/aromatic N) is 3. The summed E-state index contributed by atoms with van der Waals surface area (Å²) < 4.78 is 56.3. The van der Waals surface area contributed by atoms with E-state index in [0.29, 0.717) is 11.1 Å². The van der Waals surface area contributed by atoms with E-state index < -0.39 is 24.5 Å². The van der Waals surface area contributed by atoms with Crippen molar-refractivity contribution in [3.63, 3.8) is 0 Å². The summed E-state index contributed by atoms with van der Waals surface area (Å²) in [5.74, 6) is -1.62. The van der Waals surface area contributed by atoms with Crippen molar-refractivity contribution >= 4 is 10.9 Å². The lowest BCUT2D eigenvalue weighted by Crippen LogP contribution is -2.19. The van der Waals surface area contributed by atoms with Crippen LogP contribution in [0.15, 0.2) is 36.7 Å². The Morgan fingerprint density at radius 2 is 1.91 bits per heavy atom. The third-order valence-corrected chi connectivity index (χ3v) is 3.28. The van der Waals surface area contributed by atoms with Gasteiger partial charge in [0.1, 0.15) is 0 Å². The number of hydrogen-bond donors (Lipinski definition) is 0. The molecule has 1 aromatic carbocycles. The van der Waals surface area contributed by atoms with E-state index in [1.54, 1.807) is 30.1 Å². The highest BCUT2D eigenvalue weighted by Crippen LogP contribution is 2.28. The van der Waals surface area contributed by atoms with Gasteiger partial charge in [0, 0.05) is 24.2 Å². The smallest absolute Gasteiger partial charge is 0.422 e. The zero-order valence-corrected chi connectivity index (χ0v) is 11.9. The van der Waals surface area contributed by atoms with Crippen LogP contribution < -0.4 is 4.74 Å². The van der Waals surface area contributed by atoms with Gasteiger partial charge in [-0.1, -0.05) is 12.1 Å². The highest BCUT2D eigenvalue weighted by Gasteiger charge is 2.29. The Hall–Kier alpha value is -2.64. The summed E-state index contributed by atoms with van der Waals surface area (Å²) in [6.07, 6.45) is -1.61. The van der Waals surface area contributed by atoms with Gasteiger partial charge in [0.2, 0.25) is 0 Å². The Morgan fingerprint density at radius 1 is 1.13 bits per heavy atom. The van der Waals surface area contributed by atoms with Crippen LogP contribution in [0.4, 0.5) is 17.6 Å². The van der Waals surface area contributed by atoms with Gasteiger partial charge in [0.25, 0.3) is 5.95 Å². The molecule has 0 bridgehead atoms. The van der Waals surface area contributed by atoms with Gasteiger partial charge >= 0.3 is 6.18 Å². The molecule has 0 aliphatic carbocycles. The lowest BCUT2D eigenvalue weighted by molar-refractivity contribution is -0.153. The third kappa shape index (κ3) is 3.25. The van der Waals surface area contributed by atoms with Crippen molar-refractivity contribution in [2.45, 2.75) is 6.18 Å². The Bertz CT molecular complexity index is 858. The normalized spacial score (nSPS) is 11.9. The first kappa shape index (κ1) is 15.3. The summed E-state index contributed by atoms with van der Waals surface area (Å²) in [6.45, 7) is -1.57. The van der Waals surface area contributed by atoms with Gasteiger partial charge in [0.05, 0.1) is 11.7 Å². The number of halogens is 4. The standard InChI is InChI=1S/C15H11F4N3O/c1-22-12-4-9(2-3-10(12)7-21-22)11-5-13(14(16)20-6-11)23-8-15(17,18)19/h2-7H,8H2,1H3. The molecular formula is C15H11F4N3O. The first-order chi connectivity index (χ1) is 10.8. The number of fused-ring (bicyclic) bond motifs is 1. The molecule has 2 aromatic heterocycles. The summed E-state index contributed by atoms with van der Waals surface area (Å²) in [6, 6.07) is 6.57. The Balaban J connectivity index is 1.96. The molecule has 0 atom stereocenters. The summed E-state index contributed by atoms with van der Waals surface area (Å²) >= 11 is 0. The van der Waals surface area contributed by atoms with E-state index in [9.17, 15) is 17.6 Å². The van der Waals surface area contributed by atoms with Crippen LogP contribution in [0.2, 0.25) is 0 Å². The zero-order valence-electron chi connectivity index (χ0n) is 11.9. The summed E-state index contributed by atoms with van der Waals surface area (Å²) in [4.78, 5) is 3.46. The van der Waals surface area contributed by atoms with E-state index in [4.69, 9.17) is 0 Å². The molecule has 0 radical (unpaired) electrons. The number of pyridine rings is 1. The highest BCUT2D eigenvalue weighted by molar-refractivity contribution is 5.84. The van der Waals surface area contributed by atoms with E-state index in [2.05, 4.69) is 14.8 Å². The fourth-order valence-corrected chi connectivity index (χ4v) is 2.17. The maximum absolute atomic E-state index is 13.5. The van der Waals surface area contributed by atoms with Gasteiger partial charge < -0.3 is 4.74 Å². The van der Waals surface area contributed by atoms with Crippen molar-refractivity contribution in [2.75, 3.05) is 6.61 Å². The molecule has 8 heteroatoms. The Kier molecular flexibility index (Phi) is 3.67. The topological polar surface area (TPSA) is 39.9 Å². The van der Waals surface area contributed by atoms with E-state index in [1.807, 2.05) is 6.07 Å². The van der Waals surface area contributed by atoms with Crippen molar-refractivity contribution in [1.29, 1.82) is 0 Å². The van der Waals surface area contributed by atoms with Gasteiger partial charge in [-0.25, -0.2) is 4.98 Å². The van der Waals surface area contributed by atoms with Crippen LogP contribution in [-0.4, -0.2) is 27.5 Å². The molecule has 0 fully saturated rings. The minimum Gasteiger partial charge on any atom is -0.479 e. The summed E-state index contributed by atoms with van der Waals surface area (Å²) in [5.41, 5.74) is 1.96. The predicted molar refractivity (Wildman–Crippen MR) is 75.5 cm³/mol. The van der Waals surface area contributed by atoms with E-state index in [-0.39, 0.29) is 0 Å². The van der Waals surface area contributed by atoms with Crippen molar-refractivity contribution in [2.24, 2.45) is 7.05 Å². The predicted octanol–water partition coefficient (Wildman–Crippen LogP) is 3.72. The lowest BCUT2D eigenvalue weighted by atomic mass is 10.1. The molecule has 0 aliphatic rings. The van der Waals surface area contributed by atoms with Crippen molar-refractivity contribution < 1.29 is 22.3 Å². The van der Waals surface area contributed by atoms with Gasteiger partial charge in [-0.2, -0.15) is 22.7 Å². The molecule has 0 N–H and O–H groups in total. The fraction of sp³-hybridized carbons (Fsp3) is 0.200. The SMILES string of the molecule is Cn1ncc2ccc(-c3cnc(F)c(OCC(F)(F)F)c3)cc21. The molecule has 3 rings (SSSR count). The van der Waals surface area contributed by atoms with Crippen LogP contribution in [0, 0.1) is 5.95 Å². The number of alkyl halides is 3. The molecule has 3 aromatic rings. The number of aryl methyl sites for hydroxylation is 1. The largest absolute Gasteiger partial charge is 0.479 e. The van der Waals surface area contributed by atoms with Crippen molar-refractivity contribution in [3.05, 3.63) is 42.6 Å². The molecule has 0 unspecified atom stereocenters. The quantitative estimate of drug-likeness (QED) is 0.544. The average Bonchev–Trinajstić information content (AvgIpc) is 2.86. The number of rotatable bonds is 3. The van der Waals surface area contributed by atoms with Gasteiger partial charge in [-0.15, -0.1) is 0 Å². The minimum atomic E-state index is -4.55. The lowest BCUT2D eigenvalue weighted by Gasteiger charge is -2.11. The maximum atomic E-state index is 13.5. The summed E-state index contributed by atoms with van der Waals surface area (Å²) in [5, 5.41) is 5.03. The number of hydrogen-bond acceptors (Lipinski definition) is 3. The maximum Gasteiger partial charge on any atom is 0.422 e. The van der Waals surface area contributed by atoms with Gasteiger partial charge in [-0.3, -0.25) is 4.68 Å². The molecule has 0 spiro atoms. The van der Waals surface area contributed by atoms with Crippen LogP contribution in [0.1, 0.15) is 0 Å². The molecule has 0 amide bonds. The van der Waals surface area contributed by atoms with Gasteiger partial charge in [-0.05, 0) is 17.7 Å². The first-order valence-corrected chi connectivity index (χ1v) is 6.61. The van der Waals surface area contributed by atoms with E-state index >= 15 is 0 Å². The zero-order chi connectivity index (χ0) is 16.6. The fourth-order valence-electron chi connectivity index (χ4n) is 2.17. The molecular weight excluding hydrogens is 314 g/mol. The number of aromatic nitrogens is 3. The van der Waals surface area contributed by atoms with E-state index in [0.717, 1.165) is 10.9 Å². The molecule has 2 heterocycles. The van der Waals surface area contributed by atoms with Crippen LogP contribution in [0.5, 0.6) is 5.75 Å². The average molecular weight is 325 g/mol. The van der Waals surface area contributed by atoms with Crippen LogP contribution >= 0.6 is 0 Å². The Labute approximate surface area is 128 Å². The molecule has 0 saturated heterocycles. The first-order valence-electron chi connectivity index (χ1n) is 6.61. The van der Waals surface area contributed by atoms with Crippen LogP contribution in [0.25, 0.3) is 22.0 Å². The monoisotopic (exact) mass is 325 g/mol. The van der Waals surface area contributed by atoms with Crippen LogP contribution in [-0.2, 0) is 7.05 Å². The van der Waals surface area contributed by atoms with Gasteiger partial charge in [0.15, 0.2) is 12.4 Å². The van der Waals surface area contributed by atoms with Crippen LogP contribution in [0.3, 0.4) is 0 Å². The number of benzene rings is 1.